The van der Waals surface area contributed by atoms with Crippen LogP contribution in [0.25, 0.3) is 22.2 Å². The van der Waals surface area contributed by atoms with E-state index >= 15 is 0 Å². The van der Waals surface area contributed by atoms with Gasteiger partial charge < -0.3 is 29.7 Å². The fourth-order valence-corrected chi connectivity index (χ4v) is 6.40. The molecule has 2 N–H and O–H groups in total. The molecule has 2 atom stereocenters. The van der Waals surface area contributed by atoms with Crippen molar-refractivity contribution in [2.45, 2.75) is 31.3 Å². The predicted octanol–water partition coefficient (Wildman–Crippen LogP) is 4.49. The third-order valence-corrected chi connectivity index (χ3v) is 8.80. The zero-order valence-corrected chi connectivity index (χ0v) is 23.8. The summed E-state index contributed by atoms with van der Waals surface area (Å²) >= 11 is 13.5. The number of pyridine rings is 1. The second kappa shape index (κ2) is 10.6. The van der Waals surface area contributed by atoms with Gasteiger partial charge in [0.2, 0.25) is 11.9 Å². The molecule has 4 heterocycles. The van der Waals surface area contributed by atoms with Crippen molar-refractivity contribution in [3.05, 3.63) is 41.0 Å². The van der Waals surface area contributed by atoms with E-state index in [9.17, 15) is 4.79 Å². The minimum absolute atomic E-state index is 0.193. The largest absolute Gasteiger partial charge is 0.495 e. The quantitative estimate of drug-likeness (QED) is 0.370. The number of amides is 1. The Kier molecular flexibility index (Phi) is 7.10. The number of hydrogen-bond acceptors (Lipinski definition) is 9. The Morgan fingerprint density at radius 3 is 2.45 bits per heavy atom. The highest BCUT2D eigenvalue weighted by Gasteiger charge is 2.48. The lowest BCUT2D eigenvalue weighted by atomic mass is 9.63. The summed E-state index contributed by atoms with van der Waals surface area (Å²) in [4.78, 5) is 28.6. The summed E-state index contributed by atoms with van der Waals surface area (Å²) in [6.45, 7) is 6.16. The molecule has 6 rings (SSSR count). The molecule has 3 aromatic rings. The van der Waals surface area contributed by atoms with Crippen molar-refractivity contribution in [1.29, 1.82) is 0 Å². The number of anilines is 2. The third kappa shape index (κ3) is 4.67. The predicted molar refractivity (Wildman–Crippen MR) is 155 cm³/mol. The normalized spacial score (nSPS) is 21.1. The number of rotatable bonds is 8. The fraction of sp³-hybridized carbons (Fsp3) is 0.429. The number of nitrogens with one attached hydrogen (secondary N) is 2. The van der Waals surface area contributed by atoms with Crippen molar-refractivity contribution in [2.24, 2.45) is 5.41 Å². The van der Waals surface area contributed by atoms with Gasteiger partial charge >= 0.3 is 0 Å². The van der Waals surface area contributed by atoms with Gasteiger partial charge in [0.15, 0.2) is 5.82 Å². The lowest BCUT2D eigenvalue weighted by Crippen LogP contribution is -2.60. The Balaban J connectivity index is 1.41. The van der Waals surface area contributed by atoms with Gasteiger partial charge in [-0.25, -0.2) is 15.0 Å². The van der Waals surface area contributed by atoms with Gasteiger partial charge in [-0.15, -0.1) is 0 Å². The second-order valence-corrected chi connectivity index (χ2v) is 11.3. The first-order valence-electron chi connectivity index (χ1n) is 13.1. The van der Waals surface area contributed by atoms with Crippen LogP contribution in [0.15, 0.2) is 31.0 Å². The fourth-order valence-electron chi connectivity index (χ4n) is 5.70. The SMILES string of the molecule is C=CC(=O)N[C@H]1COC[C@H]1Nc1ncc2cc(-c3c(Cl)c(OC)cc(OC)c3Cl)nc(N3CC4(CCC4)C3)c2n1. The summed E-state index contributed by atoms with van der Waals surface area (Å²) < 4.78 is 16.6. The van der Waals surface area contributed by atoms with Crippen molar-refractivity contribution in [1.82, 2.24) is 20.3 Å². The molecule has 1 aromatic carbocycles. The van der Waals surface area contributed by atoms with Crippen LogP contribution in [0.4, 0.5) is 11.8 Å². The van der Waals surface area contributed by atoms with Crippen LogP contribution < -0.4 is 25.0 Å². The lowest BCUT2D eigenvalue weighted by Gasteiger charge is -2.56. The highest BCUT2D eigenvalue weighted by molar-refractivity contribution is 6.41. The molecule has 2 saturated heterocycles. The van der Waals surface area contributed by atoms with E-state index in [1.165, 1.54) is 25.3 Å². The van der Waals surface area contributed by atoms with Crippen molar-refractivity contribution >= 4 is 51.8 Å². The molecule has 40 heavy (non-hydrogen) atoms. The molecule has 0 bridgehead atoms. The number of aromatic nitrogens is 3. The zero-order valence-electron chi connectivity index (χ0n) is 22.3. The summed E-state index contributed by atoms with van der Waals surface area (Å²) in [5.41, 5.74) is 2.17. The molecule has 1 saturated carbocycles. The van der Waals surface area contributed by atoms with Gasteiger partial charge in [-0.3, -0.25) is 4.79 Å². The highest BCUT2D eigenvalue weighted by Crippen LogP contribution is 2.51. The molecular weight excluding hydrogens is 555 g/mol. The number of nitrogens with zero attached hydrogens (tertiary/aromatic N) is 4. The first kappa shape index (κ1) is 26.9. The first-order valence-corrected chi connectivity index (χ1v) is 13.9. The Hall–Kier alpha value is -3.34. The topological polar surface area (TPSA) is 111 Å². The van der Waals surface area contributed by atoms with Crippen molar-refractivity contribution in [3.8, 4) is 22.8 Å². The molecular formula is C28H30Cl2N6O4. The molecule has 0 unspecified atom stereocenters. The molecule has 0 radical (unpaired) electrons. The van der Waals surface area contributed by atoms with Crippen LogP contribution in [-0.2, 0) is 9.53 Å². The summed E-state index contributed by atoms with van der Waals surface area (Å²) in [7, 11) is 3.09. The van der Waals surface area contributed by atoms with Crippen LogP contribution in [0.1, 0.15) is 19.3 Å². The summed E-state index contributed by atoms with van der Waals surface area (Å²) in [6, 6.07) is 3.11. The minimum atomic E-state index is -0.255. The Morgan fingerprint density at radius 1 is 1.12 bits per heavy atom. The van der Waals surface area contributed by atoms with E-state index in [-0.39, 0.29) is 18.0 Å². The van der Waals surface area contributed by atoms with Crippen molar-refractivity contribution in [3.63, 3.8) is 0 Å². The number of carbonyl (C=O) groups is 1. The van der Waals surface area contributed by atoms with Crippen molar-refractivity contribution in [2.75, 3.05) is 50.7 Å². The number of methoxy groups -OCH3 is 2. The van der Waals surface area contributed by atoms with E-state index in [0.29, 0.717) is 62.9 Å². The summed E-state index contributed by atoms with van der Waals surface area (Å²) in [5.74, 6) is 1.78. The minimum Gasteiger partial charge on any atom is -0.495 e. The average molecular weight is 585 g/mol. The lowest BCUT2D eigenvalue weighted by molar-refractivity contribution is -0.117. The zero-order chi connectivity index (χ0) is 28.0. The standard InChI is InChI=1S/C28H30Cl2N6O4/c1-4-21(37)32-17-11-40-12-18(17)34-27-31-10-15-8-16(22-23(29)19(38-2)9-20(39-3)24(22)30)33-26(25(15)35-27)36-13-28(14-36)6-5-7-28/h4,8-10,17-18H,1,5-7,11-14H2,2-3H3,(H,32,37)(H,31,34,35)/t17-,18+/m0/s1. The van der Waals surface area contributed by atoms with Gasteiger partial charge in [0.25, 0.3) is 0 Å². The van der Waals surface area contributed by atoms with Gasteiger partial charge in [0, 0.05) is 41.7 Å². The molecule has 3 fully saturated rings. The van der Waals surface area contributed by atoms with Crippen LogP contribution in [-0.4, -0.2) is 73.5 Å². The number of carbonyl (C=O) groups excluding carboxylic acids is 1. The van der Waals surface area contributed by atoms with Gasteiger partial charge in [0.05, 0.1) is 55.3 Å². The molecule has 1 aliphatic carbocycles. The van der Waals surface area contributed by atoms with E-state index in [4.69, 9.17) is 47.4 Å². The third-order valence-electron chi connectivity index (χ3n) is 8.05. The maximum absolute atomic E-state index is 11.9. The Labute approximate surface area is 242 Å². The van der Waals surface area contributed by atoms with E-state index in [0.717, 1.165) is 24.3 Å². The number of fused-ring (bicyclic) bond motifs is 1. The maximum atomic E-state index is 11.9. The van der Waals surface area contributed by atoms with Crippen LogP contribution >= 0.6 is 23.2 Å². The number of hydrogen-bond donors (Lipinski definition) is 2. The van der Waals surface area contributed by atoms with Crippen LogP contribution in [0, 0.1) is 5.41 Å². The molecule has 2 aliphatic heterocycles. The number of benzene rings is 1. The van der Waals surface area contributed by atoms with Crippen LogP contribution in [0.3, 0.4) is 0 Å². The summed E-state index contributed by atoms with van der Waals surface area (Å²) in [6.07, 6.45) is 6.72. The number of halogens is 2. The summed E-state index contributed by atoms with van der Waals surface area (Å²) in [5, 5.41) is 7.70. The molecule has 210 valence electrons. The van der Waals surface area contributed by atoms with Crippen molar-refractivity contribution < 1.29 is 19.0 Å². The molecule has 10 nitrogen and oxygen atoms in total. The van der Waals surface area contributed by atoms with Gasteiger partial charge in [-0.05, 0) is 25.0 Å². The smallest absolute Gasteiger partial charge is 0.243 e. The monoisotopic (exact) mass is 584 g/mol. The van der Waals surface area contributed by atoms with E-state index in [1.54, 1.807) is 26.5 Å². The second-order valence-electron chi connectivity index (χ2n) is 10.6. The average Bonchev–Trinajstić information content (AvgIpc) is 3.33. The maximum Gasteiger partial charge on any atom is 0.243 e. The molecule has 1 amide bonds. The highest BCUT2D eigenvalue weighted by atomic mass is 35.5. The van der Waals surface area contributed by atoms with E-state index in [2.05, 4.69) is 27.1 Å². The van der Waals surface area contributed by atoms with Crippen LogP contribution in [0.2, 0.25) is 10.0 Å². The molecule has 3 aliphatic rings. The first-order chi connectivity index (χ1) is 19.3. The number of ether oxygens (including phenoxy) is 3. The Morgan fingerprint density at radius 2 is 1.82 bits per heavy atom. The van der Waals surface area contributed by atoms with E-state index < -0.39 is 0 Å². The molecule has 2 aromatic heterocycles. The van der Waals surface area contributed by atoms with Gasteiger partial charge in [-0.1, -0.05) is 36.2 Å². The molecule has 1 spiro atoms. The van der Waals surface area contributed by atoms with Gasteiger partial charge in [-0.2, -0.15) is 0 Å². The Bertz CT molecular complexity index is 1460. The molecule has 12 heteroatoms. The van der Waals surface area contributed by atoms with Crippen LogP contribution in [0.5, 0.6) is 11.5 Å². The van der Waals surface area contributed by atoms with Gasteiger partial charge in [0.1, 0.15) is 17.0 Å². The van der Waals surface area contributed by atoms with E-state index in [1.807, 2.05) is 6.07 Å².